The van der Waals surface area contributed by atoms with Gasteiger partial charge in [0.05, 0.1) is 25.8 Å². The predicted molar refractivity (Wildman–Crippen MR) is 87.8 cm³/mol. The van der Waals surface area contributed by atoms with Gasteiger partial charge in [-0.3, -0.25) is 24.5 Å². The van der Waals surface area contributed by atoms with Crippen molar-refractivity contribution in [3.8, 4) is 0 Å². The molecule has 0 aliphatic heterocycles. The summed E-state index contributed by atoms with van der Waals surface area (Å²) in [6, 6.07) is 0. The van der Waals surface area contributed by atoms with Crippen molar-refractivity contribution in [3.05, 3.63) is 0 Å². The van der Waals surface area contributed by atoms with E-state index in [2.05, 4.69) is 5.32 Å². The van der Waals surface area contributed by atoms with E-state index in [1.54, 1.807) is 0 Å². The minimum Gasteiger partial charge on any atom is -0.481 e. The topological polar surface area (TPSA) is 327 Å². The van der Waals surface area contributed by atoms with Crippen LogP contribution in [0.4, 0.5) is 0 Å². The van der Waals surface area contributed by atoms with Crippen molar-refractivity contribution < 1.29 is 39.6 Å². The highest BCUT2D eigenvalue weighted by Gasteiger charge is 2.43. The van der Waals surface area contributed by atoms with E-state index in [1.165, 1.54) is 0 Å². The maximum atomic E-state index is 11.0. The van der Waals surface area contributed by atoms with Crippen molar-refractivity contribution >= 4 is 23.9 Å². The first kappa shape index (κ1) is 34.1. The van der Waals surface area contributed by atoms with Crippen molar-refractivity contribution in [2.75, 3.05) is 13.1 Å². The zero-order valence-electron chi connectivity index (χ0n) is 13.9. The van der Waals surface area contributed by atoms with Gasteiger partial charge in [0.1, 0.15) is 0 Å². The van der Waals surface area contributed by atoms with Crippen molar-refractivity contribution in [1.29, 1.82) is 0 Å². The van der Waals surface area contributed by atoms with Gasteiger partial charge in [-0.05, 0) is 6.54 Å². The minimum atomic E-state index is -1.76. The van der Waals surface area contributed by atoms with E-state index in [1.807, 2.05) is 0 Å². The van der Waals surface area contributed by atoms with Crippen LogP contribution in [0.2, 0.25) is 0 Å². The van der Waals surface area contributed by atoms with Crippen LogP contribution < -0.4 is 35.7 Å². The number of rotatable bonds is 11. The molecule has 0 bridgehead atoms. The normalized spacial score (nSPS) is 10.6. The summed E-state index contributed by atoms with van der Waals surface area (Å²) >= 11 is 0. The molecule has 0 aromatic rings. The number of carboxylic acid groups (broad SMARTS) is 4. The lowest BCUT2D eigenvalue weighted by molar-refractivity contribution is -0.147. The second kappa shape index (κ2) is 15.2. The molecule has 0 aromatic carbocycles. The fourth-order valence-corrected chi connectivity index (χ4v) is 2.13. The zero-order chi connectivity index (χ0) is 16.6. The number of hydrogen-bond acceptors (Lipinski definition) is 10. The Bertz CT molecular complexity index is 417. The molecule has 19 N–H and O–H groups in total. The van der Waals surface area contributed by atoms with Gasteiger partial charge in [0, 0.05) is 11.5 Å². The molecule has 1 atom stereocenters. The van der Waals surface area contributed by atoms with Gasteiger partial charge in [0.15, 0.2) is 0 Å². The summed E-state index contributed by atoms with van der Waals surface area (Å²) in [4.78, 5) is 43.4. The number of hydrogen-bond donors (Lipinski definition) is 10. The van der Waals surface area contributed by atoms with Gasteiger partial charge in [-0.25, -0.2) is 0 Å². The van der Waals surface area contributed by atoms with Crippen molar-refractivity contribution in [3.63, 3.8) is 0 Å². The molecule has 0 rings (SSSR count). The van der Waals surface area contributed by atoms with Crippen molar-refractivity contribution in [2.45, 2.75) is 24.8 Å². The predicted octanol–water partition coefficient (Wildman–Crippen LogP) is -0.954. The molecule has 14 heteroatoms. The van der Waals surface area contributed by atoms with Crippen LogP contribution in [0.1, 0.15) is 19.3 Å². The minimum absolute atomic E-state index is 0. The molecular weight excluding hydrogens is 344 g/mol. The molecule has 0 fully saturated rings. The van der Waals surface area contributed by atoms with Crippen LogP contribution in [-0.4, -0.2) is 62.9 Å². The molecule has 0 saturated heterocycles. The van der Waals surface area contributed by atoms with E-state index < -0.39 is 61.1 Å². The Morgan fingerprint density at radius 3 is 1.44 bits per heavy atom. The number of carbonyl (C=O) groups is 4. The van der Waals surface area contributed by atoms with Crippen LogP contribution in [0.15, 0.2) is 0 Å². The van der Waals surface area contributed by atoms with Gasteiger partial charge >= 0.3 is 23.9 Å². The number of carboxylic acids is 4. The van der Waals surface area contributed by atoms with E-state index in [4.69, 9.17) is 26.2 Å². The third-order valence-electron chi connectivity index (χ3n) is 3.01. The lowest BCUT2D eigenvalue weighted by Gasteiger charge is -2.38. The maximum absolute atomic E-state index is 11.0. The van der Waals surface area contributed by atoms with Crippen LogP contribution in [0.25, 0.3) is 0 Å². The first-order chi connectivity index (χ1) is 9.62. The van der Waals surface area contributed by atoms with Gasteiger partial charge < -0.3 is 50.8 Å². The first-order valence-electron chi connectivity index (χ1n) is 5.95. The van der Waals surface area contributed by atoms with E-state index in [-0.39, 0.29) is 31.1 Å². The molecule has 0 spiro atoms. The van der Waals surface area contributed by atoms with E-state index in [9.17, 15) is 19.2 Å². The van der Waals surface area contributed by atoms with Crippen molar-refractivity contribution in [2.24, 2.45) is 11.7 Å². The SMILES string of the molecule is N.N.N.N.NCC(CC(=O)O)C(CC(=O)O)(CC(=O)O)NCC(=O)O. The number of nitrogens with two attached hydrogens (primary N) is 1. The summed E-state index contributed by atoms with van der Waals surface area (Å²) in [6.07, 6.45) is -2.10. The van der Waals surface area contributed by atoms with Gasteiger partial charge in [-0.2, -0.15) is 0 Å². The van der Waals surface area contributed by atoms with E-state index >= 15 is 0 Å². The van der Waals surface area contributed by atoms with Gasteiger partial charge in [-0.15, -0.1) is 0 Å². The molecule has 0 aromatic heterocycles. The third kappa shape index (κ3) is 12.7. The molecule has 0 aliphatic rings. The fraction of sp³-hybridized carbons (Fsp3) is 0.636. The van der Waals surface area contributed by atoms with Gasteiger partial charge in [-0.1, -0.05) is 0 Å². The Morgan fingerprint density at radius 1 is 0.800 bits per heavy atom. The molecule has 152 valence electrons. The summed E-state index contributed by atoms with van der Waals surface area (Å²) in [7, 11) is 0. The third-order valence-corrected chi connectivity index (χ3v) is 3.01. The van der Waals surface area contributed by atoms with Gasteiger partial charge in [0.2, 0.25) is 0 Å². The Morgan fingerprint density at radius 2 is 1.20 bits per heavy atom. The monoisotopic (exact) mass is 374 g/mol. The largest absolute Gasteiger partial charge is 0.481 e. The Balaban J connectivity index is -0.000000333. The van der Waals surface area contributed by atoms with Crippen LogP contribution in [0, 0.1) is 5.92 Å². The first-order valence-corrected chi connectivity index (χ1v) is 5.95. The summed E-state index contributed by atoms with van der Waals surface area (Å²) in [5, 5.41) is 37.7. The molecule has 0 radical (unpaired) electrons. The van der Waals surface area contributed by atoms with Crippen LogP contribution in [-0.2, 0) is 19.2 Å². The average Bonchev–Trinajstić information content (AvgIpc) is 2.31. The van der Waals surface area contributed by atoms with Crippen LogP contribution >= 0.6 is 0 Å². The highest BCUT2D eigenvalue weighted by Crippen LogP contribution is 2.28. The van der Waals surface area contributed by atoms with Crippen molar-refractivity contribution in [1.82, 2.24) is 29.9 Å². The molecule has 1 unspecified atom stereocenters. The second-order valence-electron chi connectivity index (χ2n) is 4.57. The summed E-state index contributed by atoms with van der Waals surface area (Å²) in [5.41, 5.74) is 3.67. The Hall–Kier alpha value is -2.36. The lowest BCUT2D eigenvalue weighted by atomic mass is 9.76. The zero-order valence-corrected chi connectivity index (χ0v) is 13.9. The summed E-state index contributed by atoms with van der Waals surface area (Å²) < 4.78 is 0. The summed E-state index contributed by atoms with van der Waals surface area (Å²) in [5.74, 6) is -6.46. The average molecular weight is 374 g/mol. The number of aliphatic carboxylic acids is 4. The molecule has 0 heterocycles. The molecule has 0 amide bonds. The van der Waals surface area contributed by atoms with E-state index in [0.29, 0.717) is 0 Å². The molecule has 25 heavy (non-hydrogen) atoms. The fourth-order valence-electron chi connectivity index (χ4n) is 2.13. The lowest BCUT2D eigenvalue weighted by Crippen LogP contribution is -2.57. The van der Waals surface area contributed by atoms with Crippen LogP contribution in [0.5, 0.6) is 0 Å². The smallest absolute Gasteiger partial charge is 0.317 e. The molecule has 0 aliphatic carbocycles. The summed E-state index contributed by atoms with van der Waals surface area (Å²) in [6.45, 7) is -1.02. The Labute approximate surface area is 144 Å². The molecule has 14 nitrogen and oxygen atoms in total. The van der Waals surface area contributed by atoms with Crippen LogP contribution in [0.3, 0.4) is 0 Å². The molecular formula is C11H30N6O8. The maximum Gasteiger partial charge on any atom is 0.317 e. The highest BCUT2D eigenvalue weighted by molar-refractivity contribution is 5.75. The second-order valence-corrected chi connectivity index (χ2v) is 4.57. The quantitative estimate of drug-likeness (QED) is 0.208. The number of nitrogens with one attached hydrogen (secondary N) is 1. The highest BCUT2D eigenvalue weighted by atomic mass is 16.4. The molecule has 0 saturated carbocycles. The van der Waals surface area contributed by atoms with Gasteiger partial charge in [0.25, 0.3) is 0 Å². The Kier molecular flexibility index (Phi) is 20.7. The standard InChI is InChI=1S/C11H18N2O8.4H3N/c12-4-6(1-7(14)15)11(2-8(16)17,3-9(18)19)13-5-10(20)21;;;;/h6,13H,1-5,12H2,(H,14,15)(H,16,17)(H,18,19)(H,20,21);4*1H3. The van der Waals surface area contributed by atoms with E-state index in [0.717, 1.165) is 0 Å².